The summed E-state index contributed by atoms with van der Waals surface area (Å²) in [6.45, 7) is 0. The zero-order chi connectivity index (χ0) is 16.2. The molecule has 1 aromatic heterocycles. The average molecular weight is 331 g/mol. The smallest absolute Gasteiger partial charge is 0.233 e. The topological polar surface area (TPSA) is 88.8 Å². The van der Waals surface area contributed by atoms with E-state index in [1.54, 1.807) is 0 Å². The number of para-hydroxylation sites is 1. The molecule has 0 saturated heterocycles. The van der Waals surface area contributed by atoms with E-state index in [-0.39, 0.29) is 16.9 Å². The van der Waals surface area contributed by atoms with Crippen molar-refractivity contribution in [3.05, 3.63) is 59.4 Å². The van der Waals surface area contributed by atoms with Crippen LogP contribution in [0, 0.1) is 5.82 Å². The van der Waals surface area contributed by atoms with Crippen LogP contribution in [0.25, 0.3) is 0 Å². The molecule has 0 bridgehead atoms. The summed E-state index contributed by atoms with van der Waals surface area (Å²) in [5, 5.41) is 5.93. The first kappa shape index (κ1) is 15.0. The van der Waals surface area contributed by atoms with E-state index in [1.165, 1.54) is 18.2 Å². The van der Waals surface area contributed by atoms with Crippen molar-refractivity contribution in [3.8, 4) is 0 Å². The van der Waals surface area contributed by atoms with Crippen LogP contribution in [0.2, 0.25) is 5.02 Å². The lowest BCUT2D eigenvalue weighted by Crippen LogP contribution is -2.07. The summed E-state index contributed by atoms with van der Waals surface area (Å²) >= 11 is 5.74. The fourth-order valence-corrected chi connectivity index (χ4v) is 2.04. The number of hydrogen-bond donors (Lipinski definition) is 3. The van der Waals surface area contributed by atoms with Gasteiger partial charge >= 0.3 is 0 Å². The highest BCUT2D eigenvalue weighted by Crippen LogP contribution is 2.22. The molecule has 3 rings (SSSR count). The molecule has 2 aromatic carbocycles. The molecule has 8 heteroatoms. The molecule has 6 nitrogen and oxygen atoms in total. The van der Waals surface area contributed by atoms with Crippen molar-refractivity contribution in [1.82, 2.24) is 15.0 Å². The lowest BCUT2D eigenvalue weighted by atomic mass is 10.3. The molecule has 0 aliphatic carbocycles. The first-order chi connectivity index (χ1) is 11.1. The molecule has 1 heterocycles. The van der Waals surface area contributed by atoms with Crippen LogP contribution in [0.15, 0.2) is 48.5 Å². The Morgan fingerprint density at radius 1 is 0.870 bits per heavy atom. The Balaban J connectivity index is 1.83. The van der Waals surface area contributed by atoms with E-state index >= 15 is 0 Å². The molecule has 23 heavy (non-hydrogen) atoms. The second kappa shape index (κ2) is 6.45. The van der Waals surface area contributed by atoms with Gasteiger partial charge in [-0.05, 0) is 30.3 Å². The minimum absolute atomic E-state index is 0.000313. The van der Waals surface area contributed by atoms with Crippen LogP contribution in [0.5, 0.6) is 0 Å². The Morgan fingerprint density at radius 2 is 1.52 bits per heavy atom. The average Bonchev–Trinajstić information content (AvgIpc) is 2.51. The monoisotopic (exact) mass is 330 g/mol. The predicted molar refractivity (Wildman–Crippen MR) is 88.7 cm³/mol. The Kier molecular flexibility index (Phi) is 4.20. The summed E-state index contributed by atoms with van der Waals surface area (Å²) in [5.74, 6) is 0.0611. The van der Waals surface area contributed by atoms with E-state index in [0.717, 1.165) is 5.69 Å². The standard InChI is InChI=1S/C15H12ClFN6/c16-11-8-10(6-7-12(11)17)20-15-22-13(18)21-14(23-15)19-9-4-2-1-3-5-9/h1-8H,(H4,18,19,20,21,22,23). The zero-order valence-corrected chi connectivity index (χ0v) is 12.5. The highest BCUT2D eigenvalue weighted by Gasteiger charge is 2.07. The molecule has 0 amide bonds. The van der Waals surface area contributed by atoms with Gasteiger partial charge in [0.1, 0.15) is 5.82 Å². The van der Waals surface area contributed by atoms with Crippen molar-refractivity contribution in [2.45, 2.75) is 0 Å². The lowest BCUT2D eigenvalue weighted by molar-refractivity contribution is 0.628. The van der Waals surface area contributed by atoms with Crippen molar-refractivity contribution >= 4 is 40.8 Å². The predicted octanol–water partition coefficient (Wildman–Crippen LogP) is 3.73. The summed E-state index contributed by atoms with van der Waals surface area (Å²) < 4.78 is 13.2. The van der Waals surface area contributed by atoms with Crippen LogP contribution in [0.3, 0.4) is 0 Å². The Bertz CT molecular complexity index is 827. The molecule has 0 radical (unpaired) electrons. The number of hydrogen-bond acceptors (Lipinski definition) is 6. The van der Waals surface area contributed by atoms with E-state index in [2.05, 4.69) is 25.6 Å². The van der Waals surface area contributed by atoms with Crippen molar-refractivity contribution in [2.24, 2.45) is 0 Å². The van der Waals surface area contributed by atoms with Gasteiger partial charge < -0.3 is 16.4 Å². The van der Waals surface area contributed by atoms with Gasteiger partial charge in [-0.15, -0.1) is 0 Å². The van der Waals surface area contributed by atoms with E-state index in [1.807, 2.05) is 30.3 Å². The summed E-state index contributed by atoms with van der Waals surface area (Å²) in [4.78, 5) is 12.2. The number of anilines is 5. The Hall–Kier alpha value is -2.93. The van der Waals surface area contributed by atoms with Gasteiger partial charge in [0.15, 0.2) is 0 Å². The van der Waals surface area contributed by atoms with E-state index in [0.29, 0.717) is 11.6 Å². The van der Waals surface area contributed by atoms with Gasteiger partial charge in [0.2, 0.25) is 17.8 Å². The lowest BCUT2D eigenvalue weighted by Gasteiger charge is -2.09. The minimum atomic E-state index is -0.501. The minimum Gasteiger partial charge on any atom is -0.368 e. The molecular formula is C15H12ClFN6. The van der Waals surface area contributed by atoms with Crippen LogP contribution in [-0.4, -0.2) is 15.0 Å². The van der Waals surface area contributed by atoms with E-state index in [4.69, 9.17) is 17.3 Å². The van der Waals surface area contributed by atoms with Gasteiger partial charge in [-0.25, -0.2) is 4.39 Å². The summed E-state index contributed by atoms with van der Waals surface area (Å²) in [5.41, 5.74) is 7.04. The maximum Gasteiger partial charge on any atom is 0.233 e. The van der Waals surface area contributed by atoms with Gasteiger partial charge in [0, 0.05) is 11.4 Å². The maximum absolute atomic E-state index is 13.2. The van der Waals surface area contributed by atoms with Gasteiger partial charge in [-0.1, -0.05) is 29.8 Å². The fourth-order valence-electron chi connectivity index (χ4n) is 1.86. The largest absolute Gasteiger partial charge is 0.368 e. The highest BCUT2D eigenvalue weighted by molar-refractivity contribution is 6.31. The molecule has 0 spiro atoms. The first-order valence-electron chi connectivity index (χ1n) is 6.66. The number of halogens is 2. The number of nitrogens with two attached hydrogens (primary N) is 1. The van der Waals surface area contributed by atoms with E-state index < -0.39 is 5.82 Å². The number of nitrogens with zero attached hydrogens (tertiary/aromatic N) is 3. The molecule has 0 aliphatic rings. The van der Waals surface area contributed by atoms with Crippen LogP contribution >= 0.6 is 11.6 Å². The second-order valence-electron chi connectivity index (χ2n) is 4.59. The molecule has 0 fully saturated rings. The van der Waals surface area contributed by atoms with E-state index in [9.17, 15) is 4.39 Å². The van der Waals surface area contributed by atoms with Crippen LogP contribution in [-0.2, 0) is 0 Å². The number of rotatable bonds is 4. The molecule has 0 unspecified atom stereocenters. The zero-order valence-electron chi connectivity index (χ0n) is 11.8. The summed E-state index contributed by atoms with van der Waals surface area (Å²) in [7, 11) is 0. The molecule has 0 saturated carbocycles. The summed E-state index contributed by atoms with van der Waals surface area (Å²) in [6.07, 6.45) is 0. The van der Waals surface area contributed by atoms with Crippen LogP contribution in [0.4, 0.5) is 33.6 Å². The van der Waals surface area contributed by atoms with Crippen molar-refractivity contribution in [1.29, 1.82) is 0 Å². The van der Waals surface area contributed by atoms with Crippen molar-refractivity contribution in [2.75, 3.05) is 16.4 Å². The normalized spacial score (nSPS) is 10.3. The third-order valence-corrected chi connectivity index (χ3v) is 3.15. The van der Waals surface area contributed by atoms with Crippen LogP contribution in [0.1, 0.15) is 0 Å². The Labute approximate surface area is 136 Å². The molecule has 0 aliphatic heterocycles. The van der Waals surface area contributed by atoms with Crippen LogP contribution < -0.4 is 16.4 Å². The number of aromatic nitrogens is 3. The number of nitrogen functional groups attached to an aromatic ring is 1. The van der Waals surface area contributed by atoms with Gasteiger partial charge in [0.05, 0.1) is 5.02 Å². The van der Waals surface area contributed by atoms with Gasteiger partial charge in [0.25, 0.3) is 0 Å². The third-order valence-electron chi connectivity index (χ3n) is 2.86. The number of nitrogens with one attached hydrogen (secondary N) is 2. The molecule has 116 valence electrons. The summed E-state index contributed by atoms with van der Waals surface area (Å²) in [6, 6.07) is 13.6. The van der Waals surface area contributed by atoms with Gasteiger partial charge in [-0.3, -0.25) is 0 Å². The SMILES string of the molecule is Nc1nc(Nc2ccccc2)nc(Nc2ccc(F)c(Cl)c2)n1. The maximum atomic E-state index is 13.2. The molecule has 4 N–H and O–H groups in total. The van der Waals surface area contributed by atoms with Crippen molar-refractivity contribution < 1.29 is 4.39 Å². The molecule has 0 atom stereocenters. The number of benzene rings is 2. The fraction of sp³-hybridized carbons (Fsp3) is 0. The second-order valence-corrected chi connectivity index (χ2v) is 4.99. The third kappa shape index (κ3) is 3.83. The highest BCUT2D eigenvalue weighted by atomic mass is 35.5. The Morgan fingerprint density at radius 3 is 2.17 bits per heavy atom. The first-order valence-corrected chi connectivity index (χ1v) is 7.03. The molecular weight excluding hydrogens is 319 g/mol. The van der Waals surface area contributed by atoms with Crippen molar-refractivity contribution in [3.63, 3.8) is 0 Å². The molecule has 3 aromatic rings. The van der Waals surface area contributed by atoms with Gasteiger partial charge in [-0.2, -0.15) is 15.0 Å². The quantitative estimate of drug-likeness (QED) is 0.675.